The Labute approximate surface area is 150 Å². The van der Waals surface area contributed by atoms with Gasteiger partial charge in [-0.15, -0.1) is 0 Å². The fraction of sp³-hybridized carbons (Fsp3) is 0.294. The van der Waals surface area contributed by atoms with Gasteiger partial charge in [0.05, 0.1) is 0 Å². The summed E-state index contributed by atoms with van der Waals surface area (Å²) in [5.41, 5.74) is 2.44. The van der Waals surface area contributed by atoms with Crippen molar-refractivity contribution in [2.75, 3.05) is 6.54 Å². The van der Waals surface area contributed by atoms with Crippen LogP contribution < -0.4 is 5.32 Å². The van der Waals surface area contributed by atoms with Gasteiger partial charge in [0, 0.05) is 19.7 Å². The summed E-state index contributed by atoms with van der Waals surface area (Å²) in [6.45, 7) is 3.14. The van der Waals surface area contributed by atoms with Crippen LogP contribution in [0.25, 0.3) is 0 Å². The molecule has 4 heteroatoms. The number of halogens is 3. The van der Waals surface area contributed by atoms with Crippen molar-refractivity contribution >= 4 is 45.8 Å². The smallest absolute Gasteiger partial charge is 0.0424 e. The Morgan fingerprint density at radius 2 is 1.67 bits per heavy atom. The van der Waals surface area contributed by atoms with Crippen molar-refractivity contribution in [3.8, 4) is 0 Å². The Morgan fingerprint density at radius 1 is 1.05 bits per heavy atom. The maximum absolute atomic E-state index is 6.14. The predicted octanol–water partition coefficient (Wildman–Crippen LogP) is 5.88. The van der Waals surface area contributed by atoms with Crippen LogP contribution in [0.2, 0.25) is 10.0 Å². The maximum Gasteiger partial charge on any atom is 0.0424 e. The molecule has 0 aliphatic heterocycles. The summed E-state index contributed by atoms with van der Waals surface area (Å²) in [5.74, 6) is 0. The van der Waals surface area contributed by atoms with Crippen LogP contribution in [-0.2, 0) is 6.42 Å². The largest absolute Gasteiger partial charge is 0.310 e. The molecule has 1 N–H and O–H groups in total. The summed E-state index contributed by atoms with van der Waals surface area (Å²) in [5, 5.41) is 4.95. The molecule has 1 nitrogen and oxygen atoms in total. The lowest BCUT2D eigenvalue weighted by atomic mass is 9.98. The van der Waals surface area contributed by atoms with E-state index in [0.29, 0.717) is 10.0 Å². The SMILES string of the molecule is CCCNC(Cc1ccc(I)cc1)c1cc(Cl)cc(Cl)c1. The van der Waals surface area contributed by atoms with Gasteiger partial charge < -0.3 is 5.32 Å². The van der Waals surface area contributed by atoms with Gasteiger partial charge in [0.1, 0.15) is 0 Å². The maximum atomic E-state index is 6.14. The first-order valence-corrected chi connectivity index (χ1v) is 8.85. The Balaban J connectivity index is 2.22. The summed E-state index contributed by atoms with van der Waals surface area (Å²) in [6, 6.07) is 14.6. The molecule has 2 aromatic carbocycles. The average molecular weight is 434 g/mol. The predicted molar refractivity (Wildman–Crippen MR) is 100 cm³/mol. The fourth-order valence-electron chi connectivity index (χ4n) is 2.26. The van der Waals surface area contributed by atoms with Gasteiger partial charge in [-0.05, 0) is 83.4 Å². The first-order chi connectivity index (χ1) is 10.1. The first kappa shape index (κ1) is 17.1. The summed E-state index contributed by atoms with van der Waals surface area (Å²) >= 11 is 14.6. The van der Waals surface area contributed by atoms with Crippen LogP contribution in [0.15, 0.2) is 42.5 Å². The third kappa shape index (κ3) is 5.44. The summed E-state index contributed by atoms with van der Waals surface area (Å²) in [7, 11) is 0. The van der Waals surface area contributed by atoms with Crippen LogP contribution in [0.3, 0.4) is 0 Å². The van der Waals surface area contributed by atoms with Crippen molar-refractivity contribution < 1.29 is 0 Å². The lowest BCUT2D eigenvalue weighted by Gasteiger charge is -2.20. The van der Waals surface area contributed by atoms with E-state index in [2.05, 4.69) is 59.1 Å². The molecular formula is C17H18Cl2IN. The summed E-state index contributed by atoms with van der Waals surface area (Å²) in [6.07, 6.45) is 2.02. The van der Waals surface area contributed by atoms with E-state index in [1.54, 1.807) is 6.07 Å². The molecule has 0 spiro atoms. The van der Waals surface area contributed by atoms with E-state index in [4.69, 9.17) is 23.2 Å². The van der Waals surface area contributed by atoms with Crippen molar-refractivity contribution in [1.82, 2.24) is 5.32 Å². The van der Waals surface area contributed by atoms with Crippen LogP contribution in [0, 0.1) is 3.57 Å². The van der Waals surface area contributed by atoms with E-state index >= 15 is 0 Å². The average Bonchev–Trinajstić information content (AvgIpc) is 2.44. The number of rotatable bonds is 6. The van der Waals surface area contributed by atoms with Gasteiger partial charge in [-0.3, -0.25) is 0 Å². The van der Waals surface area contributed by atoms with Gasteiger partial charge >= 0.3 is 0 Å². The zero-order valence-corrected chi connectivity index (χ0v) is 15.5. The van der Waals surface area contributed by atoms with Crippen LogP contribution in [-0.4, -0.2) is 6.54 Å². The Hall–Kier alpha value is -0.290. The Kier molecular flexibility index (Phi) is 6.80. The van der Waals surface area contributed by atoms with E-state index in [-0.39, 0.29) is 6.04 Å². The zero-order chi connectivity index (χ0) is 15.2. The van der Waals surface area contributed by atoms with E-state index in [1.807, 2.05) is 12.1 Å². The van der Waals surface area contributed by atoms with Gasteiger partial charge in [-0.2, -0.15) is 0 Å². The van der Waals surface area contributed by atoms with Crippen LogP contribution >= 0.6 is 45.8 Å². The lowest BCUT2D eigenvalue weighted by Crippen LogP contribution is -2.24. The van der Waals surface area contributed by atoms with Gasteiger partial charge in [0.2, 0.25) is 0 Å². The molecule has 2 aromatic rings. The molecule has 0 aliphatic rings. The number of nitrogens with one attached hydrogen (secondary N) is 1. The summed E-state index contributed by atoms with van der Waals surface area (Å²) in [4.78, 5) is 0. The Morgan fingerprint density at radius 3 is 2.24 bits per heavy atom. The molecule has 0 amide bonds. The molecule has 0 saturated heterocycles. The molecule has 0 aliphatic carbocycles. The van der Waals surface area contributed by atoms with Crippen molar-refractivity contribution in [3.63, 3.8) is 0 Å². The van der Waals surface area contributed by atoms with Gasteiger partial charge in [-0.25, -0.2) is 0 Å². The molecule has 0 bridgehead atoms. The second-order valence-electron chi connectivity index (χ2n) is 5.04. The molecule has 0 aromatic heterocycles. The number of benzene rings is 2. The standard InChI is InChI=1S/C17H18Cl2IN/c1-2-7-21-17(8-12-3-5-16(20)6-4-12)13-9-14(18)11-15(19)10-13/h3-6,9-11,17,21H,2,7-8H2,1H3. The molecule has 1 unspecified atom stereocenters. The summed E-state index contributed by atoms with van der Waals surface area (Å²) < 4.78 is 1.25. The second kappa shape index (κ2) is 8.37. The quantitative estimate of drug-likeness (QED) is 0.560. The van der Waals surface area contributed by atoms with Gasteiger partial charge in [0.15, 0.2) is 0 Å². The third-order valence-electron chi connectivity index (χ3n) is 3.28. The van der Waals surface area contributed by atoms with E-state index < -0.39 is 0 Å². The molecule has 1 atom stereocenters. The minimum Gasteiger partial charge on any atom is -0.310 e. The zero-order valence-electron chi connectivity index (χ0n) is 11.9. The molecule has 112 valence electrons. The van der Waals surface area contributed by atoms with Crippen LogP contribution in [0.5, 0.6) is 0 Å². The monoisotopic (exact) mass is 433 g/mol. The fourth-order valence-corrected chi connectivity index (χ4v) is 3.16. The van der Waals surface area contributed by atoms with E-state index in [0.717, 1.165) is 24.9 Å². The topological polar surface area (TPSA) is 12.0 Å². The lowest BCUT2D eigenvalue weighted by molar-refractivity contribution is 0.529. The molecular weight excluding hydrogens is 416 g/mol. The highest BCUT2D eigenvalue weighted by atomic mass is 127. The minimum absolute atomic E-state index is 0.223. The highest BCUT2D eigenvalue weighted by molar-refractivity contribution is 14.1. The Bertz CT molecular complexity index is 564. The van der Waals surface area contributed by atoms with E-state index in [9.17, 15) is 0 Å². The number of hydrogen-bond acceptors (Lipinski definition) is 1. The van der Waals surface area contributed by atoms with Crippen molar-refractivity contribution in [1.29, 1.82) is 0 Å². The minimum atomic E-state index is 0.223. The highest BCUT2D eigenvalue weighted by Crippen LogP contribution is 2.26. The molecule has 0 fully saturated rings. The van der Waals surface area contributed by atoms with Gasteiger partial charge in [-0.1, -0.05) is 42.3 Å². The molecule has 0 saturated carbocycles. The molecule has 2 rings (SSSR count). The van der Waals surface area contributed by atoms with Gasteiger partial charge in [0.25, 0.3) is 0 Å². The number of hydrogen-bond donors (Lipinski definition) is 1. The van der Waals surface area contributed by atoms with Crippen LogP contribution in [0.4, 0.5) is 0 Å². The van der Waals surface area contributed by atoms with Crippen molar-refractivity contribution in [3.05, 3.63) is 67.2 Å². The molecule has 21 heavy (non-hydrogen) atoms. The van der Waals surface area contributed by atoms with Crippen molar-refractivity contribution in [2.45, 2.75) is 25.8 Å². The second-order valence-corrected chi connectivity index (χ2v) is 7.16. The highest BCUT2D eigenvalue weighted by Gasteiger charge is 2.13. The molecule has 0 heterocycles. The van der Waals surface area contributed by atoms with Crippen LogP contribution in [0.1, 0.15) is 30.5 Å². The normalized spacial score (nSPS) is 12.4. The van der Waals surface area contributed by atoms with E-state index in [1.165, 1.54) is 9.13 Å². The van der Waals surface area contributed by atoms with Crippen molar-refractivity contribution in [2.24, 2.45) is 0 Å². The third-order valence-corrected chi connectivity index (χ3v) is 4.44. The molecule has 0 radical (unpaired) electrons. The first-order valence-electron chi connectivity index (χ1n) is 7.02.